The molecular weight excluding hydrogens is 323 g/mol. The van der Waals surface area contributed by atoms with Gasteiger partial charge in [-0.1, -0.05) is 6.07 Å². The smallest absolute Gasteiger partial charge is 0.416 e. The second-order valence-electron chi connectivity index (χ2n) is 6.29. The Morgan fingerprint density at radius 3 is 2.54 bits per heavy atom. The summed E-state index contributed by atoms with van der Waals surface area (Å²) in [6.07, 6.45) is -4.28. The van der Waals surface area contributed by atoms with Crippen LogP contribution < -0.4 is 10.3 Å². The highest BCUT2D eigenvalue weighted by Gasteiger charge is 2.45. The standard InChI is InChI=1S/C17H16F3NO3/c1-16(2)15(23)14(21-8-4-3-5-13(21)22)11-9-10(17(18,19)20)6-7-12(11)24-16/h3-9,14-15,23H,1-2H3. The Labute approximate surface area is 136 Å². The fourth-order valence-electron chi connectivity index (χ4n) is 2.91. The van der Waals surface area contributed by atoms with Gasteiger partial charge in [0, 0.05) is 17.8 Å². The van der Waals surface area contributed by atoms with Crippen LogP contribution in [0.4, 0.5) is 13.2 Å². The molecule has 1 aromatic heterocycles. The van der Waals surface area contributed by atoms with Crippen LogP contribution in [0.15, 0.2) is 47.4 Å². The minimum absolute atomic E-state index is 0.130. The van der Waals surface area contributed by atoms with Crippen LogP contribution in [-0.2, 0) is 6.18 Å². The fourth-order valence-corrected chi connectivity index (χ4v) is 2.91. The van der Waals surface area contributed by atoms with Crippen LogP contribution in [0.1, 0.15) is 31.0 Å². The quantitative estimate of drug-likeness (QED) is 0.869. The van der Waals surface area contributed by atoms with E-state index >= 15 is 0 Å². The van der Waals surface area contributed by atoms with Crippen LogP contribution in [0.2, 0.25) is 0 Å². The van der Waals surface area contributed by atoms with Crippen LogP contribution in [0, 0.1) is 0 Å². The van der Waals surface area contributed by atoms with Gasteiger partial charge in [0.25, 0.3) is 5.56 Å². The summed E-state index contributed by atoms with van der Waals surface area (Å²) in [5.41, 5.74) is -2.20. The van der Waals surface area contributed by atoms with Gasteiger partial charge in [-0.25, -0.2) is 0 Å². The maximum absolute atomic E-state index is 13.0. The summed E-state index contributed by atoms with van der Waals surface area (Å²) in [5.74, 6) is 0.221. The van der Waals surface area contributed by atoms with Gasteiger partial charge >= 0.3 is 6.18 Å². The molecule has 0 bridgehead atoms. The summed E-state index contributed by atoms with van der Waals surface area (Å²) in [6, 6.07) is 6.52. The van der Waals surface area contributed by atoms with E-state index in [-0.39, 0.29) is 11.3 Å². The maximum atomic E-state index is 13.0. The van der Waals surface area contributed by atoms with Gasteiger partial charge in [0.05, 0.1) is 11.6 Å². The van der Waals surface area contributed by atoms with Crippen LogP contribution in [0.25, 0.3) is 0 Å². The molecular formula is C17H16F3NO3. The lowest BCUT2D eigenvalue weighted by atomic mass is 9.85. The van der Waals surface area contributed by atoms with E-state index in [4.69, 9.17) is 4.74 Å². The lowest BCUT2D eigenvalue weighted by Crippen LogP contribution is -2.52. The van der Waals surface area contributed by atoms with Crippen LogP contribution in [-0.4, -0.2) is 21.4 Å². The molecule has 1 N–H and O–H groups in total. The molecule has 1 aromatic carbocycles. The van der Waals surface area contributed by atoms with Crippen molar-refractivity contribution in [3.05, 3.63) is 64.1 Å². The van der Waals surface area contributed by atoms with Crippen molar-refractivity contribution in [3.63, 3.8) is 0 Å². The van der Waals surface area contributed by atoms with Gasteiger partial charge in [-0.15, -0.1) is 0 Å². The summed E-state index contributed by atoms with van der Waals surface area (Å²) >= 11 is 0. The van der Waals surface area contributed by atoms with Crippen LogP contribution in [0.5, 0.6) is 5.75 Å². The normalized spacial score (nSPS) is 22.6. The third-order valence-electron chi connectivity index (χ3n) is 4.19. The molecule has 2 unspecified atom stereocenters. The van der Waals surface area contributed by atoms with E-state index in [0.717, 1.165) is 12.1 Å². The lowest BCUT2D eigenvalue weighted by molar-refractivity contribution is -0.137. The molecule has 3 rings (SSSR count). The van der Waals surface area contributed by atoms with Gasteiger partial charge in [-0.3, -0.25) is 4.79 Å². The van der Waals surface area contributed by atoms with Gasteiger partial charge in [-0.2, -0.15) is 13.2 Å². The monoisotopic (exact) mass is 339 g/mol. The van der Waals surface area contributed by atoms with Crippen molar-refractivity contribution in [1.29, 1.82) is 0 Å². The first kappa shape index (κ1) is 16.6. The molecule has 0 saturated heterocycles. The molecule has 2 heterocycles. The average Bonchev–Trinajstić information content (AvgIpc) is 2.48. The zero-order valence-corrected chi connectivity index (χ0v) is 13.0. The number of ether oxygens (including phenoxy) is 1. The van der Waals surface area contributed by atoms with Gasteiger partial charge in [0.2, 0.25) is 0 Å². The molecule has 1 aliphatic heterocycles. The van der Waals surface area contributed by atoms with Crippen molar-refractivity contribution in [3.8, 4) is 5.75 Å². The van der Waals surface area contributed by atoms with Crippen molar-refractivity contribution in [2.45, 2.75) is 37.8 Å². The van der Waals surface area contributed by atoms with E-state index in [0.29, 0.717) is 0 Å². The first-order chi connectivity index (χ1) is 11.1. The van der Waals surface area contributed by atoms with Gasteiger partial charge < -0.3 is 14.4 Å². The van der Waals surface area contributed by atoms with E-state index < -0.39 is 35.0 Å². The minimum Gasteiger partial charge on any atom is -0.485 e. The van der Waals surface area contributed by atoms with Gasteiger partial charge in [0.15, 0.2) is 0 Å². The molecule has 0 radical (unpaired) electrons. The highest BCUT2D eigenvalue weighted by Crippen LogP contribution is 2.43. The molecule has 1 aliphatic rings. The Balaban J connectivity index is 2.25. The molecule has 0 amide bonds. The lowest BCUT2D eigenvalue weighted by Gasteiger charge is -2.42. The summed E-state index contributed by atoms with van der Waals surface area (Å²) in [4.78, 5) is 12.2. The third kappa shape index (κ3) is 2.69. The van der Waals surface area contributed by atoms with Crippen molar-refractivity contribution in [2.24, 2.45) is 0 Å². The molecule has 2 atom stereocenters. The van der Waals surface area contributed by atoms with Crippen LogP contribution >= 0.6 is 0 Å². The Bertz CT molecular complexity index is 826. The second kappa shape index (κ2) is 5.37. The van der Waals surface area contributed by atoms with Gasteiger partial charge in [0.1, 0.15) is 17.5 Å². The number of rotatable bonds is 1. The molecule has 24 heavy (non-hydrogen) atoms. The number of hydrogen-bond donors (Lipinski definition) is 1. The maximum Gasteiger partial charge on any atom is 0.416 e. The number of nitrogens with zero attached hydrogens (tertiary/aromatic N) is 1. The number of aliphatic hydroxyl groups excluding tert-OH is 1. The largest absolute Gasteiger partial charge is 0.485 e. The first-order valence-electron chi connectivity index (χ1n) is 7.36. The SMILES string of the molecule is CC1(C)Oc2ccc(C(F)(F)F)cc2C(n2ccccc2=O)C1O. The van der Waals surface area contributed by atoms with E-state index in [1.54, 1.807) is 19.9 Å². The zero-order chi connectivity index (χ0) is 17.7. The van der Waals surface area contributed by atoms with Crippen LogP contribution in [0.3, 0.4) is 0 Å². The molecule has 0 aliphatic carbocycles. The predicted octanol–water partition coefficient (Wildman–Crippen LogP) is 2.99. The molecule has 4 nitrogen and oxygen atoms in total. The van der Waals surface area contributed by atoms with E-state index in [2.05, 4.69) is 0 Å². The number of aliphatic hydroxyl groups is 1. The van der Waals surface area contributed by atoms with Crippen molar-refractivity contribution in [2.75, 3.05) is 0 Å². The molecule has 0 fully saturated rings. The second-order valence-corrected chi connectivity index (χ2v) is 6.29. The number of fused-ring (bicyclic) bond motifs is 1. The fraction of sp³-hybridized carbons (Fsp3) is 0.353. The Morgan fingerprint density at radius 1 is 1.21 bits per heavy atom. The summed E-state index contributed by atoms with van der Waals surface area (Å²) in [5, 5.41) is 10.6. The summed E-state index contributed by atoms with van der Waals surface area (Å²) in [6.45, 7) is 3.25. The highest BCUT2D eigenvalue weighted by atomic mass is 19.4. The van der Waals surface area contributed by atoms with E-state index in [1.165, 1.54) is 29.0 Å². The topological polar surface area (TPSA) is 51.5 Å². The van der Waals surface area contributed by atoms with Crippen molar-refractivity contribution in [1.82, 2.24) is 4.57 Å². The molecule has 2 aromatic rings. The minimum atomic E-state index is -4.53. The summed E-state index contributed by atoms with van der Waals surface area (Å²) < 4.78 is 46.0. The number of hydrogen-bond acceptors (Lipinski definition) is 3. The van der Waals surface area contributed by atoms with Crippen molar-refractivity contribution >= 4 is 0 Å². The predicted molar refractivity (Wildman–Crippen MR) is 81.0 cm³/mol. The number of aromatic nitrogens is 1. The van der Waals surface area contributed by atoms with E-state index in [9.17, 15) is 23.1 Å². The molecule has 0 saturated carbocycles. The number of halogens is 3. The zero-order valence-electron chi connectivity index (χ0n) is 13.0. The Kier molecular flexibility index (Phi) is 3.71. The van der Waals surface area contributed by atoms with E-state index in [1.807, 2.05) is 0 Å². The third-order valence-corrected chi connectivity index (χ3v) is 4.19. The summed E-state index contributed by atoms with van der Waals surface area (Å²) in [7, 11) is 0. The average molecular weight is 339 g/mol. The molecule has 7 heteroatoms. The Hall–Kier alpha value is -2.28. The Morgan fingerprint density at radius 2 is 1.92 bits per heavy atom. The van der Waals surface area contributed by atoms with Crippen molar-refractivity contribution < 1.29 is 23.0 Å². The molecule has 128 valence electrons. The highest BCUT2D eigenvalue weighted by molar-refractivity contribution is 5.44. The number of benzene rings is 1. The molecule has 0 spiro atoms. The van der Waals surface area contributed by atoms with Gasteiger partial charge in [-0.05, 0) is 38.1 Å². The number of pyridine rings is 1. The number of alkyl halides is 3. The first-order valence-corrected chi connectivity index (χ1v) is 7.36.